The monoisotopic (exact) mass is 408 g/mol. The lowest BCUT2D eigenvalue weighted by molar-refractivity contribution is 0.504. The maximum absolute atomic E-state index is 13.1. The van der Waals surface area contributed by atoms with E-state index in [4.69, 9.17) is 5.73 Å². The summed E-state index contributed by atoms with van der Waals surface area (Å²) in [7, 11) is -3.75. The van der Waals surface area contributed by atoms with Gasteiger partial charge in [-0.3, -0.25) is 0 Å². The molecule has 0 fully saturated rings. The molecular formula is C24H28N2O2S. The van der Waals surface area contributed by atoms with Gasteiger partial charge in [0.05, 0.1) is 17.0 Å². The number of hydrogen-bond donors (Lipinski definition) is 2. The van der Waals surface area contributed by atoms with E-state index in [0.717, 1.165) is 16.7 Å². The zero-order valence-corrected chi connectivity index (χ0v) is 17.9. The van der Waals surface area contributed by atoms with E-state index >= 15 is 0 Å². The van der Waals surface area contributed by atoms with Crippen molar-refractivity contribution in [1.82, 2.24) is 4.72 Å². The van der Waals surface area contributed by atoms with Crippen LogP contribution in [0, 0.1) is 0 Å². The fourth-order valence-electron chi connectivity index (χ4n) is 3.25. The Hall–Kier alpha value is -2.47. The van der Waals surface area contributed by atoms with Gasteiger partial charge >= 0.3 is 0 Å². The van der Waals surface area contributed by atoms with E-state index in [9.17, 15) is 8.42 Å². The fraction of sp³-hybridized carbons (Fsp3) is 0.250. The van der Waals surface area contributed by atoms with Crippen LogP contribution in [0.3, 0.4) is 0 Å². The highest BCUT2D eigenvalue weighted by Gasteiger charge is 2.27. The molecule has 0 aliphatic carbocycles. The van der Waals surface area contributed by atoms with Crippen LogP contribution in [0.15, 0.2) is 89.8 Å². The molecule has 4 nitrogen and oxygen atoms in total. The van der Waals surface area contributed by atoms with E-state index in [1.807, 2.05) is 72.8 Å². The van der Waals surface area contributed by atoms with Crippen LogP contribution in [0.25, 0.3) is 0 Å². The Morgan fingerprint density at radius 1 is 0.759 bits per heavy atom. The minimum atomic E-state index is -3.75. The molecular weight excluding hydrogens is 380 g/mol. The second-order valence-corrected chi connectivity index (χ2v) is 9.93. The second-order valence-electron chi connectivity index (χ2n) is 8.22. The molecule has 0 amide bonds. The number of sulfonamides is 1. The Labute approximate surface area is 173 Å². The topological polar surface area (TPSA) is 72.2 Å². The molecule has 3 aromatic carbocycles. The second kappa shape index (κ2) is 8.49. The van der Waals surface area contributed by atoms with Crippen molar-refractivity contribution in [1.29, 1.82) is 0 Å². The van der Waals surface area contributed by atoms with E-state index in [1.165, 1.54) is 0 Å². The van der Waals surface area contributed by atoms with E-state index in [1.54, 1.807) is 12.1 Å². The molecule has 0 radical (unpaired) electrons. The van der Waals surface area contributed by atoms with Crippen LogP contribution in [0.1, 0.15) is 49.5 Å². The first kappa shape index (κ1) is 21.2. The van der Waals surface area contributed by atoms with Crippen molar-refractivity contribution in [2.45, 2.75) is 43.2 Å². The first-order valence-electron chi connectivity index (χ1n) is 9.67. The molecule has 0 aliphatic rings. The highest BCUT2D eigenvalue weighted by Crippen LogP contribution is 2.29. The van der Waals surface area contributed by atoms with Crippen LogP contribution >= 0.6 is 0 Å². The molecule has 1 unspecified atom stereocenters. The van der Waals surface area contributed by atoms with Gasteiger partial charge in [-0.1, -0.05) is 93.6 Å². The Balaban J connectivity index is 1.95. The third-order valence-corrected chi connectivity index (χ3v) is 6.47. The summed E-state index contributed by atoms with van der Waals surface area (Å²) >= 11 is 0. The number of rotatable bonds is 6. The Morgan fingerprint density at radius 3 is 1.72 bits per heavy atom. The molecule has 0 aromatic heterocycles. The van der Waals surface area contributed by atoms with Gasteiger partial charge in [-0.15, -0.1) is 0 Å². The van der Waals surface area contributed by atoms with Crippen molar-refractivity contribution in [2.24, 2.45) is 5.73 Å². The smallest absolute Gasteiger partial charge is 0.241 e. The lowest BCUT2D eigenvalue weighted by atomic mass is 9.87. The quantitative estimate of drug-likeness (QED) is 0.621. The maximum Gasteiger partial charge on any atom is 0.241 e. The summed E-state index contributed by atoms with van der Waals surface area (Å²) in [5.74, 6) is 0. The van der Waals surface area contributed by atoms with Gasteiger partial charge in [0, 0.05) is 0 Å². The van der Waals surface area contributed by atoms with Gasteiger partial charge in [-0.2, -0.15) is 0 Å². The summed E-state index contributed by atoms with van der Waals surface area (Å²) in [6.07, 6.45) is 0. The first-order chi connectivity index (χ1) is 13.7. The standard InChI is InChI=1S/C24H28N2O2S/c1-24(2,3)20-14-16-21(17-15-20)29(27,28)26-23(19-12-8-5-9-13-19)22(25)18-10-6-4-7-11-18/h4-17,22-23,26H,25H2,1-3H3/t22-,23?/m0/s1. The predicted molar refractivity (Wildman–Crippen MR) is 118 cm³/mol. The first-order valence-corrected chi connectivity index (χ1v) is 11.2. The lowest BCUT2D eigenvalue weighted by Crippen LogP contribution is -2.36. The van der Waals surface area contributed by atoms with Crippen molar-refractivity contribution in [3.05, 3.63) is 102 Å². The van der Waals surface area contributed by atoms with Gasteiger partial charge in [0.25, 0.3) is 0 Å². The largest absolute Gasteiger partial charge is 0.322 e. The normalized spacial score (nSPS) is 14.3. The SMILES string of the molecule is CC(C)(C)c1ccc(S(=O)(=O)NC(c2ccccc2)[C@@H](N)c2ccccc2)cc1. The molecule has 29 heavy (non-hydrogen) atoms. The number of nitrogens with one attached hydrogen (secondary N) is 1. The van der Waals surface area contributed by atoms with Gasteiger partial charge in [-0.05, 0) is 34.2 Å². The van der Waals surface area contributed by atoms with E-state index < -0.39 is 22.1 Å². The number of nitrogens with two attached hydrogens (primary N) is 1. The highest BCUT2D eigenvalue weighted by atomic mass is 32.2. The van der Waals surface area contributed by atoms with Crippen molar-refractivity contribution in [3.63, 3.8) is 0 Å². The van der Waals surface area contributed by atoms with Gasteiger partial charge < -0.3 is 5.73 Å². The Morgan fingerprint density at radius 2 is 1.24 bits per heavy atom. The van der Waals surface area contributed by atoms with Crippen molar-refractivity contribution >= 4 is 10.0 Å². The molecule has 3 aromatic rings. The molecule has 0 heterocycles. The van der Waals surface area contributed by atoms with Gasteiger partial charge in [0.2, 0.25) is 10.0 Å². The van der Waals surface area contributed by atoms with E-state index in [2.05, 4.69) is 25.5 Å². The summed E-state index contributed by atoms with van der Waals surface area (Å²) in [4.78, 5) is 0.228. The molecule has 0 saturated heterocycles. The minimum Gasteiger partial charge on any atom is -0.322 e. The maximum atomic E-state index is 13.1. The third kappa shape index (κ3) is 5.12. The molecule has 0 spiro atoms. The van der Waals surface area contributed by atoms with Gasteiger partial charge in [0.1, 0.15) is 0 Å². The fourth-order valence-corrected chi connectivity index (χ4v) is 4.49. The van der Waals surface area contributed by atoms with Crippen LogP contribution < -0.4 is 10.5 Å². The summed E-state index contributed by atoms with van der Waals surface area (Å²) in [5.41, 5.74) is 9.23. The lowest BCUT2D eigenvalue weighted by Gasteiger charge is -2.26. The highest BCUT2D eigenvalue weighted by molar-refractivity contribution is 7.89. The Bertz CT molecular complexity index is 1030. The summed E-state index contributed by atoms with van der Waals surface area (Å²) in [5, 5.41) is 0. The minimum absolute atomic E-state index is 0.0437. The van der Waals surface area contributed by atoms with Crippen LogP contribution in [-0.2, 0) is 15.4 Å². The average molecular weight is 409 g/mol. The molecule has 152 valence electrons. The summed E-state index contributed by atoms with van der Waals surface area (Å²) < 4.78 is 29.1. The van der Waals surface area contributed by atoms with E-state index in [0.29, 0.717) is 0 Å². The van der Waals surface area contributed by atoms with Crippen molar-refractivity contribution in [2.75, 3.05) is 0 Å². The molecule has 0 saturated carbocycles. The van der Waals surface area contributed by atoms with E-state index in [-0.39, 0.29) is 10.3 Å². The number of benzene rings is 3. The van der Waals surface area contributed by atoms with Crippen molar-refractivity contribution in [3.8, 4) is 0 Å². The molecule has 3 rings (SSSR count). The molecule has 2 atom stereocenters. The van der Waals surface area contributed by atoms with Crippen LogP contribution in [-0.4, -0.2) is 8.42 Å². The van der Waals surface area contributed by atoms with Crippen LogP contribution in [0.4, 0.5) is 0 Å². The zero-order chi connectivity index (χ0) is 21.1. The van der Waals surface area contributed by atoms with Crippen LogP contribution in [0.2, 0.25) is 0 Å². The van der Waals surface area contributed by atoms with Crippen LogP contribution in [0.5, 0.6) is 0 Å². The third-order valence-electron chi connectivity index (χ3n) is 5.02. The molecule has 5 heteroatoms. The average Bonchev–Trinajstić information content (AvgIpc) is 2.72. The predicted octanol–water partition coefficient (Wildman–Crippen LogP) is 4.70. The molecule has 0 bridgehead atoms. The summed E-state index contributed by atoms with van der Waals surface area (Å²) in [6.45, 7) is 6.29. The van der Waals surface area contributed by atoms with Crippen molar-refractivity contribution < 1.29 is 8.42 Å². The Kier molecular flexibility index (Phi) is 6.22. The zero-order valence-electron chi connectivity index (χ0n) is 17.0. The molecule has 0 aliphatic heterocycles. The van der Waals surface area contributed by atoms with Gasteiger partial charge in [0.15, 0.2) is 0 Å². The number of hydrogen-bond acceptors (Lipinski definition) is 3. The summed E-state index contributed by atoms with van der Waals surface area (Å²) in [6, 6.07) is 24.9. The van der Waals surface area contributed by atoms with Gasteiger partial charge in [-0.25, -0.2) is 13.1 Å². The molecule has 3 N–H and O–H groups in total.